The number of hydrogen-bond acceptors (Lipinski definition) is 3. The molecule has 4 heteroatoms. The van der Waals surface area contributed by atoms with E-state index in [0.717, 1.165) is 11.1 Å². The molecule has 0 saturated carbocycles. The number of alkyl carbamates (subject to hydrolysis) is 1. The average Bonchev–Trinajstić information content (AvgIpc) is 2.47. The Morgan fingerprint density at radius 1 is 0.870 bits per heavy atom. The summed E-state index contributed by atoms with van der Waals surface area (Å²) in [6.45, 7) is 5.26. The van der Waals surface area contributed by atoms with Crippen LogP contribution in [0.5, 0.6) is 0 Å². The minimum atomic E-state index is -0.737. The average molecular weight is 311 g/mol. The molecule has 2 aromatic carbocycles. The monoisotopic (exact) mass is 311 g/mol. The summed E-state index contributed by atoms with van der Waals surface area (Å²) in [6.07, 6.45) is -0.737. The highest BCUT2D eigenvalue weighted by molar-refractivity contribution is 5.97. The lowest BCUT2D eigenvalue weighted by Gasteiger charge is -2.21. The maximum Gasteiger partial charge on any atom is 0.414 e. The topological polar surface area (TPSA) is 55.4 Å². The second-order valence-corrected chi connectivity index (χ2v) is 6.25. The van der Waals surface area contributed by atoms with Crippen molar-refractivity contribution < 1.29 is 14.3 Å². The van der Waals surface area contributed by atoms with E-state index >= 15 is 0 Å². The maximum absolute atomic E-state index is 12.6. The number of nitrogens with one attached hydrogen (secondary N) is 1. The summed E-state index contributed by atoms with van der Waals surface area (Å²) >= 11 is 0. The first-order valence-corrected chi connectivity index (χ1v) is 7.50. The standard InChI is InChI=1S/C19H21NO3/c1-19(2,3)23-18(22)20-17(21)16(14-10-6-4-7-11-14)15-12-8-5-9-13-15/h4-13,16H,1-3H3,(H,20,21,22). The smallest absolute Gasteiger partial charge is 0.414 e. The van der Waals surface area contributed by atoms with Crippen LogP contribution in [0.2, 0.25) is 0 Å². The van der Waals surface area contributed by atoms with Gasteiger partial charge in [0, 0.05) is 0 Å². The summed E-state index contributed by atoms with van der Waals surface area (Å²) in [7, 11) is 0. The lowest BCUT2D eigenvalue weighted by atomic mass is 9.90. The molecular weight excluding hydrogens is 290 g/mol. The van der Waals surface area contributed by atoms with Crippen molar-refractivity contribution in [3.05, 3.63) is 71.8 Å². The van der Waals surface area contributed by atoms with Crippen molar-refractivity contribution in [3.63, 3.8) is 0 Å². The number of rotatable bonds is 3. The number of carbonyl (C=O) groups excluding carboxylic acids is 2. The molecule has 120 valence electrons. The van der Waals surface area contributed by atoms with Crippen LogP contribution in [0.3, 0.4) is 0 Å². The van der Waals surface area contributed by atoms with E-state index < -0.39 is 23.5 Å². The van der Waals surface area contributed by atoms with E-state index in [1.807, 2.05) is 60.7 Å². The first-order chi connectivity index (χ1) is 10.9. The molecule has 0 aliphatic carbocycles. The Balaban J connectivity index is 2.25. The number of imide groups is 1. The third-order valence-corrected chi connectivity index (χ3v) is 3.15. The molecule has 0 radical (unpaired) electrons. The molecule has 1 N–H and O–H groups in total. The number of hydrogen-bond donors (Lipinski definition) is 1. The highest BCUT2D eigenvalue weighted by Crippen LogP contribution is 2.24. The highest BCUT2D eigenvalue weighted by atomic mass is 16.6. The lowest BCUT2D eigenvalue weighted by Crippen LogP contribution is -2.39. The van der Waals surface area contributed by atoms with Crippen LogP contribution in [0.4, 0.5) is 4.79 Å². The van der Waals surface area contributed by atoms with Gasteiger partial charge >= 0.3 is 6.09 Å². The largest absolute Gasteiger partial charge is 0.444 e. The molecular formula is C19H21NO3. The summed E-state index contributed by atoms with van der Waals surface area (Å²) in [6, 6.07) is 18.7. The van der Waals surface area contributed by atoms with Crippen molar-refractivity contribution in [1.29, 1.82) is 0 Å². The zero-order chi connectivity index (χ0) is 16.9. The van der Waals surface area contributed by atoms with Gasteiger partial charge in [-0.15, -0.1) is 0 Å². The van der Waals surface area contributed by atoms with E-state index in [1.165, 1.54) is 0 Å². The summed E-state index contributed by atoms with van der Waals surface area (Å²) in [5, 5.41) is 2.33. The lowest BCUT2D eigenvalue weighted by molar-refractivity contribution is -0.121. The summed E-state index contributed by atoms with van der Waals surface area (Å²) in [5.41, 5.74) is 0.985. The molecule has 2 amide bonds. The Hall–Kier alpha value is -2.62. The predicted molar refractivity (Wildman–Crippen MR) is 89.1 cm³/mol. The van der Waals surface area contributed by atoms with Gasteiger partial charge in [-0.1, -0.05) is 60.7 Å². The van der Waals surface area contributed by atoms with Crippen molar-refractivity contribution in [2.75, 3.05) is 0 Å². The third-order valence-electron chi connectivity index (χ3n) is 3.15. The summed E-state index contributed by atoms with van der Waals surface area (Å²) < 4.78 is 5.16. The molecule has 0 atom stereocenters. The van der Waals surface area contributed by atoms with Crippen molar-refractivity contribution in [1.82, 2.24) is 5.32 Å². The molecule has 0 unspecified atom stereocenters. The molecule has 0 saturated heterocycles. The zero-order valence-electron chi connectivity index (χ0n) is 13.6. The molecule has 23 heavy (non-hydrogen) atoms. The van der Waals surface area contributed by atoms with Gasteiger partial charge in [-0.3, -0.25) is 10.1 Å². The van der Waals surface area contributed by atoms with Gasteiger partial charge in [0.25, 0.3) is 0 Å². The molecule has 0 fully saturated rings. The zero-order valence-corrected chi connectivity index (χ0v) is 13.6. The maximum atomic E-state index is 12.6. The summed E-state index contributed by atoms with van der Waals surface area (Å²) in [4.78, 5) is 24.5. The van der Waals surface area contributed by atoms with Gasteiger partial charge < -0.3 is 4.74 Å². The van der Waals surface area contributed by atoms with Gasteiger partial charge in [0.1, 0.15) is 5.60 Å². The van der Waals surface area contributed by atoms with Crippen LogP contribution >= 0.6 is 0 Å². The SMILES string of the molecule is CC(C)(C)OC(=O)NC(=O)C(c1ccccc1)c1ccccc1. The fourth-order valence-corrected chi connectivity index (χ4v) is 2.26. The number of benzene rings is 2. The quantitative estimate of drug-likeness (QED) is 0.936. The van der Waals surface area contributed by atoms with Crippen LogP contribution in [-0.2, 0) is 9.53 Å². The van der Waals surface area contributed by atoms with Crippen molar-refractivity contribution in [2.24, 2.45) is 0 Å². The van der Waals surface area contributed by atoms with Crippen molar-refractivity contribution >= 4 is 12.0 Å². The van der Waals surface area contributed by atoms with E-state index in [0.29, 0.717) is 0 Å². The van der Waals surface area contributed by atoms with E-state index in [4.69, 9.17) is 4.74 Å². The molecule has 0 bridgehead atoms. The Bertz CT molecular complexity index is 621. The van der Waals surface area contributed by atoms with E-state index in [2.05, 4.69) is 5.32 Å². The van der Waals surface area contributed by atoms with E-state index in [1.54, 1.807) is 20.8 Å². The first kappa shape index (κ1) is 16.7. The van der Waals surface area contributed by atoms with Crippen molar-refractivity contribution in [2.45, 2.75) is 32.3 Å². The predicted octanol–water partition coefficient (Wildman–Crippen LogP) is 3.87. The molecule has 0 aromatic heterocycles. The van der Waals surface area contributed by atoms with Crippen LogP contribution in [-0.4, -0.2) is 17.6 Å². The van der Waals surface area contributed by atoms with Gasteiger partial charge in [-0.25, -0.2) is 4.79 Å². The Kier molecular flexibility index (Phi) is 5.16. The van der Waals surface area contributed by atoms with Gasteiger partial charge in [0.05, 0.1) is 5.92 Å². The van der Waals surface area contributed by atoms with E-state index in [-0.39, 0.29) is 0 Å². The fourth-order valence-electron chi connectivity index (χ4n) is 2.26. The van der Waals surface area contributed by atoms with Crippen LogP contribution < -0.4 is 5.32 Å². The molecule has 0 aliphatic heterocycles. The third kappa shape index (κ3) is 4.95. The highest BCUT2D eigenvalue weighted by Gasteiger charge is 2.26. The summed E-state index contributed by atoms with van der Waals surface area (Å²) in [5.74, 6) is -0.971. The number of ether oxygens (including phenoxy) is 1. The molecule has 2 aromatic rings. The van der Waals surface area contributed by atoms with Gasteiger partial charge in [-0.2, -0.15) is 0 Å². The minimum Gasteiger partial charge on any atom is -0.444 e. The van der Waals surface area contributed by atoms with Crippen LogP contribution in [0, 0.1) is 0 Å². The van der Waals surface area contributed by atoms with Gasteiger partial charge in [0.15, 0.2) is 0 Å². The van der Waals surface area contributed by atoms with Crippen molar-refractivity contribution in [3.8, 4) is 0 Å². The molecule has 2 rings (SSSR count). The fraction of sp³-hybridized carbons (Fsp3) is 0.263. The normalized spacial score (nSPS) is 11.1. The number of amides is 2. The Morgan fingerprint density at radius 3 is 1.70 bits per heavy atom. The molecule has 4 nitrogen and oxygen atoms in total. The Morgan fingerprint density at radius 2 is 1.30 bits per heavy atom. The van der Waals surface area contributed by atoms with E-state index in [9.17, 15) is 9.59 Å². The van der Waals surface area contributed by atoms with Crippen LogP contribution in [0.1, 0.15) is 37.8 Å². The van der Waals surface area contributed by atoms with Gasteiger partial charge in [-0.05, 0) is 31.9 Å². The Labute approximate surface area is 136 Å². The molecule has 0 heterocycles. The molecule has 0 aliphatic rings. The molecule has 0 spiro atoms. The second kappa shape index (κ2) is 7.09. The van der Waals surface area contributed by atoms with Gasteiger partial charge in [0.2, 0.25) is 5.91 Å². The minimum absolute atomic E-state index is 0.406. The first-order valence-electron chi connectivity index (χ1n) is 7.50. The second-order valence-electron chi connectivity index (χ2n) is 6.25. The van der Waals surface area contributed by atoms with Crippen LogP contribution in [0.15, 0.2) is 60.7 Å². The number of carbonyl (C=O) groups is 2. The van der Waals surface area contributed by atoms with Crippen LogP contribution in [0.25, 0.3) is 0 Å².